The van der Waals surface area contributed by atoms with Crippen molar-refractivity contribution in [3.8, 4) is 0 Å². The van der Waals surface area contributed by atoms with Gasteiger partial charge in [0.15, 0.2) is 0 Å². The summed E-state index contributed by atoms with van der Waals surface area (Å²) in [5.74, 6) is -0.999. The molecule has 0 aliphatic carbocycles. The number of hydrogen-bond donors (Lipinski definition) is 2. The first-order valence-corrected chi connectivity index (χ1v) is 7.88. The van der Waals surface area contributed by atoms with Crippen LogP contribution in [0, 0.1) is 0 Å². The van der Waals surface area contributed by atoms with Crippen molar-refractivity contribution in [2.45, 2.75) is 17.4 Å². The lowest BCUT2D eigenvalue weighted by molar-refractivity contribution is -0.137. The average molecular weight is 362 g/mol. The zero-order valence-corrected chi connectivity index (χ0v) is 12.9. The van der Waals surface area contributed by atoms with Gasteiger partial charge in [-0.2, -0.15) is 4.72 Å². The number of carbonyl (C=O) groups is 2. The molecule has 1 heterocycles. The number of likely N-dealkylation sites (N-methyl/N-ethyl adjacent to an activating group) is 1. The van der Waals surface area contributed by atoms with E-state index in [1.165, 1.54) is 25.2 Å². The van der Waals surface area contributed by atoms with Crippen molar-refractivity contribution >= 4 is 43.5 Å². The highest BCUT2D eigenvalue weighted by Gasteiger charge is 2.39. The summed E-state index contributed by atoms with van der Waals surface area (Å²) < 4.78 is 27.2. The summed E-state index contributed by atoms with van der Waals surface area (Å²) in [4.78, 5) is 23.8. The highest BCUT2D eigenvalue weighted by molar-refractivity contribution is 9.10. The van der Waals surface area contributed by atoms with Gasteiger partial charge >= 0.3 is 0 Å². The lowest BCUT2D eigenvalue weighted by atomic mass is 10.3. The Hall–Kier alpha value is -1.45. The normalized spacial score (nSPS) is 19.7. The van der Waals surface area contributed by atoms with E-state index in [1.807, 2.05) is 0 Å². The van der Waals surface area contributed by atoms with E-state index in [-0.39, 0.29) is 17.0 Å². The fourth-order valence-electron chi connectivity index (χ4n) is 1.86. The van der Waals surface area contributed by atoms with Crippen LogP contribution in [-0.4, -0.2) is 38.2 Å². The number of imide groups is 1. The number of nitrogens with two attached hydrogens (primary N) is 1. The number of likely N-dealkylation sites (tertiary alicyclic amines) is 1. The molecule has 1 unspecified atom stereocenters. The second-order valence-electron chi connectivity index (χ2n) is 4.35. The van der Waals surface area contributed by atoms with E-state index in [9.17, 15) is 18.0 Å². The zero-order chi connectivity index (χ0) is 15.1. The Morgan fingerprint density at radius 2 is 2.05 bits per heavy atom. The summed E-state index contributed by atoms with van der Waals surface area (Å²) in [7, 11) is -2.65. The van der Waals surface area contributed by atoms with Gasteiger partial charge in [0.05, 0.1) is 12.1 Å². The van der Waals surface area contributed by atoms with Gasteiger partial charge in [0.25, 0.3) is 0 Å². The summed E-state index contributed by atoms with van der Waals surface area (Å²) in [6.07, 6.45) is -0.189. The Balaban J connectivity index is 2.28. The molecule has 7 nitrogen and oxygen atoms in total. The van der Waals surface area contributed by atoms with Gasteiger partial charge in [-0.15, -0.1) is 0 Å². The van der Waals surface area contributed by atoms with Crippen LogP contribution in [0.1, 0.15) is 6.42 Å². The van der Waals surface area contributed by atoms with Crippen molar-refractivity contribution in [1.82, 2.24) is 9.62 Å². The van der Waals surface area contributed by atoms with E-state index in [1.54, 1.807) is 0 Å². The molecule has 1 atom stereocenters. The third-order valence-electron chi connectivity index (χ3n) is 2.94. The van der Waals surface area contributed by atoms with Crippen LogP contribution in [0.15, 0.2) is 27.6 Å². The predicted octanol–water partition coefficient (Wildman–Crippen LogP) is 0.0669. The smallest absolute Gasteiger partial charge is 0.247 e. The molecule has 1 saturated heterocycles. The summed E-state index contributed by atoms with van der Waals surface area (Å²) in [5, 5.41) is 0. The van der Waals surface area contributed by atoms with Gasteiger partial charge in [0.2, 0.25) is 21.8 Å². The van der Waals surface area contributed by atoms with Crippen molar-refractivity contribution < 1.29 is 18.0 Å². The number of carbonyl (C=O) groups excluding carboxylic acids is 2. The number of nitrogens with one attached hydrogen (secondary N) is 1. The van der Waals surface area contributed by atoms with Crippen molar-refractivity contribution in [1.29, 1.82) is 0 Å². The first-order valence-electron chi connectivity index (χ1n) is 5.60. The Labute approximate surface area is 124 Å². The molecule has 0 aromatic heterocycles. The molecule has 1 aromatic carbocycles. The Bertz CT molecular complexity index is 689. The number of sulfonamides is 1. The molecule has 0 bridgehead atoms. The molecule has 20 heavy (non-hydrogen) atoms. The minimum Gasteiger partial charge on any atom is -0.398 e. The Morgan fingerprint density at radius 3 is 2.55 bits per heavy atom. The molecule has 3 N–H and O–H groups in total. The average Bonchev–Trinajstić information content (AvgIpc) is 2.56. The lowest BCUT2D eigenvalue weighted by Crippen LogP contribution is -2.40. The molecular formula is C11H12BrN3O4S. The van der Waals surface area contributed by atoms with Gasteiger partial charge in [0.1, 0.15) is 10.9 Å². The van der Waals surface area contributed by atoms with Crippen molar-refractivity contribution in [3.63, 3.8) is 0 Å². The van der Waals surface area contributed by atoms with Crippen LogP contribution in [-0.2, 0) is 19.6 Å². The van der Waals surface area contributed by atoms with Gasteiger partial charge < -0.3 is 5.73 Å². The minimum absolute atomic E-state index is 0.0528. The molecule has 2 rings (SSSR count). The summed E-state index contributed by atoms with van der Waals surface area (Å²) in [5.41, 5.74) is 5.71. The molecular weight excluding hydrogens is 350 g/mol. The van der Waals surface area contributed by atoms with Gasteiger partial charge in [-0.1, -0.05) is 15.9 Å². The summed E-state index contributed by atoms with van der Waals surface area (Å²) in [6.45, 7) is 0. The second-order valence-corrected chi connectivity index (χ2v) is 6.95. The van der Waals surface area contributed by atoms with Crippen molar-refractivity contribution in [2.75, 3.05) is 12.8 Å². The van der Waals surface area contributed by atoms with E-state index < -0.39 is 27.9 Å². The Morgan fingerprint density at radius 1 is 1.40 bits per heavy atom. The molecule has 1 aromatic rings. The molecule has 0 spiro atoms. The van der Waals surface area contributed by atoms with Gasteiger partial charge in [-0.25, -0.2) is 8.42 Å². The molecule has 2 amide bonds. The number of benzene rings is 1. The first-order chi connectivity index (χ1) is 9.22. The second kappa shape index (κ2) is 5.15. The first kappa shape index (κ1) is 14.9. The van der Waals surface area contributed by atoms with E-state index in [0.717, 1.165) is 4.90 Å². The maximum absolute atomic E-state index is 12.2. The summed E-state index contributed by atoms with van der Waals surface area (Å²) >= 11 is 3.18. The third-order valence-corrected chi connectivity index (χ3v) is 4.98. The SMILES string of the molecule is CN1C(=O)CC(NS(=O)(=O)c2ccc(Br)cc2N)C1=O. The van der Waals surface area contributed by atoms with Crippen LogP contribution in [0.4, 0.5) is 5.69 Å². The number of anilines is 1. The standard InChI is InChI=1S/C11H12BrN3O4S/c1-15-10(16)5-8(11(15)17)14-20(18,19)9-3-2-6(12)4-7(9)13/h2-4,8,14H,5,13H2,1H3. The van der Waals surface area contributed by atoms with Crippen LogP contribution in [0.25, 0.3) is 0 Å². The monoisotopic (exact) mass is 361 g/mol. The topological polar surface area (TPSA) is 110 Å². The maximum atomic E-state index is 12.2. The fourth-order valence-corrected chi connectivity index (χ4v) is 3.54. The number of rotatable bonds is 3. The number of nitrogen functional groups attached to an aromatic ring is 1. The van der Waals surface area contributed by atoms with Crippen molar-refractivity contribution in [3.05, 3.63) is 22.7 Å². The number of hydrogen-bond acceptors (Lipinski definition) is 5. The molecule has 9 heteroatoms. The minimum atomic E-state index is -3.97. The van der Waals surface area contributed by atoms with Crippen LogP contribution in [0.3, 0.4) is 0 Å². The predicted molar refractivity (Wildman–Crippen MR) is 75.1 cm³/mol. The Kier molecular flexibility index (Phi) is 3.85. The third kappa shape index (κ3) is 2.69. The van der Waals surface area contributed by atoms with Crippen LogP contribution >= 0.6 is 15.9 Å². The van der Waals surface area contributed by atoms with Gasteiger partial charge in [0, 0.05) is 11.5 Å². The molecule has 108 valence electrons. The molecule has 0 saturated carbocycles. The van der Waals surface area contributed by atoms with E-state index in [2.05, 4.69) is 20.7 Å². The highest BCUT2D eigenvalue weighted by atomic mass is 79.9. The number of amides is 2. The fraction of sp³-hybridized carbons (Fsp3) is 0.273. The molecule has 1 aliphatic rings. The van der Waals surface area contributed by atoms with E-state index >= 15 is 0 Å². The zero-order valence-electron chi connectivity index (χ0n) is 10.5. The quantitative estimate of drug-likeness (QED) is 0.584. The largest absolute Gasteiger partial charge is 0.398 e. The molecule has 1 aliphatic heterocycles. The van der Waals surface area contributed by atoms with Crippen LogP contribution in [0.5, 0.6) is 0 Å². The molecule has 0 radical (unpaired) electrons. The summed E-state index contributed by atoms with van der Waals surface area (Å²) in [6, 6.07) is 3.22. The van der Waals surface area contributed by atoms with Crippen LogP contribution in [0.2, 0.25) is 0 Å². The van der Waals surface area contributed by atoms with Crippen LogP contribution < -0.4 is 10.5 Å². The van der Waals surface area contributed by atoms with Crippen molar-refractivity contribution in [2.24, 2.45) is 0 Å². The lowest BCUT2D eigenvalue weighted by Gasteiger charge is -2.13. The van der Waals surface area contributed by atoms with Gasteiger partial charge in [-0.05, 0) is 18.2 Å². The number of halogens is 1. The maximum Gasteiger partial charge on any atom is 0.247 e. The van der Waals surface area contributed by atoms with E-state index in [4.69, 9.17) is 5.73 Å². The molecule has 1 fully saturated rings. The number of nitrogens with zero attached hydrogens (tertiary/aromatic N) is 1. The van der Waals surface area contributed by atoms with Gasteiger partial charge in [-0.3, -0.25) is 14.5 Å². The van der Waals surface area contributed by atoms with E-state index in [0.29, 0.717) is 4.47 Å². The highest BCUT2D eigenvalue weighted by Crippen LogP contribution is 2.23.